The van der Waals surface area contributed by atoms with Crippen LogP contribution in [0.1, 0.15) is 11.3 Å². The Morgan fingerprint density at radius 3 is 2.73 bits per heavy atom. The van der Waals surface area contributed by atoms with E-state index in [0.29, 0.717) is 49.1 Å². The molecule has 1 amide bonds. The van der Waals surface area contributed by atoms with E-state index in [-0.39, 0.29) is 22.9 Å². The number of piperazine rings is 1. The fourth-order valence-corrected chi connectivity index (χ4v) is 6.09. The highest BCUT2D eigenvalue weighted by atomic mass is 32.2. The maximum absolute atomic E-state index is 12.9. The zero-order valence-electron chi connectivity index (χ0n) is 17.9. The van der Waals surface area contributed by atoms with Crippen LogP contribution in [0.3, 0.4) is 0 Å². The molecule has 12 heteroatoms. The van der Waals surface area contributed by atoms with Crippen LogP contribution in [0.25, 0.3) is 4.96 Å². The third-order valence-electron chi connectivity index (χ3n) is 5.81. The zero-order valence-corrected chi connectivity index (χ0v) is 19.5. The van der Waals surface area contributed by atoms with E-state index in [1.165, 1.54) is 21.8 Å². The first-order valence-corrected chi connectivity index (χ1v) is 12.8. The van der Waals surface area contributed by atoms with Crippen LogP contribution in [-0.2, 0) is 21.4 Å². The Morgan fingerprint density at radius 2 is 1.94 bits per heavy atom. The Bertz CT molecular complexity index is 1420. The molecule has 2 aromatic heterocycles. The lowest BCUT2D eigenvalue weighted by Crippen LogP contribution is -2.51. The number of aromatic nitrogens is 2. The number of hydrogen-bond donors (Lipinski definition) is 0. The molecule has 2 aliphatic heterocycles. The van der Waals surface area contributed by atoms with Gasteiger partial charge in [-0.05, 0) is 12.1 Å². The first-order valence-electron chi connectivity index (χ1n) is 10.4. The molecular weight excluding hydrogens is 464 g/mol. The van der Waals surface area contributed by atoms with Crippen molar-refractivity contribution in [1.29, 1.82) is 0 Å². The molecule has 10 nitrogen and oxygen atoms in total. The van der Waals surface area contributed by atoms with Crippen molar-refractivity contribution < 1.29 is 13.2 Å². The van der Waals surface area contributed by atoms with Gasteiger partial charge in [0.15, 0.2) is 10.8 Å². The molecule has 5 rings (SSSR count). The van der Waals surface area contributed by atoms with E-state index in [1.807, 2.05) is 5.38 Å². The van der Waals surface area contributed by atoms with E-state index in [2.05, 4.69) is 14.3 Å². The van der Waals surface area contributed by atoms with Gasteiger partial charge in [0.25, 0.3) is 15.6 Å². The van der Waals surface area contributed by atoms with Gasteiger partial charge in [-0.25, -0.2) is 4.98 Å². The molecule has 0 saturated carbocycles. The zero-order chi connectivity index (χ0) is 23.2. The second-order valence-corrected chi connectivity index (χ2v) is 10.5. The lowest BCUT2D eigenvalue weighted by atomic mass is 10.2. The summed E-state index contributed by atoms with van der Waals surface area (Å²) >= 11 is 1.42. The van der Waals surface area contributed by atoms with Crippen molar-refractivity contribution in [2.75, 3.05) is 39.8 Å². The molecule has 3 aromatic rings. The standard InChI is InChI=1S/C21H22N6O4S2/c1-24(20-16-4-2-3-5-17(16)33(30,31)23-20)14-19(29)26-8-6-25(7-9-26)13-15-12-18(28)27-10-11-32-21(27)22-15/h2-5,10-12H,6-9,13-14H2,1H3. The third-order valence-corrected chi connectivity index (χ3v) is 7.90. The Kier molecular flexibility index (Phi) is 5.51. The first-order chi connectivity index (χ1) is 15.8. The highest BCUT2D eigenvalue weighted by Crippen LogP contribution is 2.27. The van der Waals surface area contributed by atoms with Gasteiger partial charge in [-0.15, -0.1) is 15.7 Å². The highest BCUT2D eigenvalue weighted by Gasteiger charge is 2.32. The number of rotatable bonds is 4. The first kappa shape index (κ1) is 21.7. The van der Waals surface area contributed by atoms with Crippen LogP contribution in [0, 0.1) is 0 Å². The average molecular weight is 487 g/mol. The van der Waals surface area contributed by atoms with Gasteiger partial charge in [0.1, 0.15) is 4.90 Å². The van der Waals surface area contributed by atoms with Gasteiger partial charge in [0.05, 0.1) is 12.2 Å². The van der Waals surface area contributed by atoms with Gasteiger partial charge in [0, 0.05) is 63.0 Å². The number of likely N-dealkylation sites (N-methyl/N-ethyl adjacent to an activating group) is 1. The van der Waals surface area contributed by atoms with E-state index in [4.69, 9.17) is 0 Å². The van der Waals surface area contributed by atoms with Gasteiger partial charge in [-0.1, -0.05) is 12.1 Å². The minimum absolute atomic E-state index is 0.0378. The van der Waals surface area contributed by atoms with Crippen LogP contribution in [0.5, 0.6) is 0 Å². The van der Waals surface area contributed by atoms with Crippen LogP contribution >= 0.6 is 11.3 Å². The number of benzene rings is 1. The van der Waals surface area contributed by atoms with E-state index in [9.17, 15) is 18.0 Å². The maximum Gasteiger partial charge on any atom is 0.285 e. The SMILES string of the molecule is CN(CC(=O)N1CCN(Cc2cc(=O)n3ccsc3n2)CC1)C1=NS(=O)(=O)c2ccccc21. The molecule has 172 valence electrons. The summed E-state index contributed by atoms with van der Waals surface area (Å²) in [7, 11) is -2.05. The van der Waals surface area contributed by atoms with Crippen molar-refractivity contribution in [3.63, 3.8) is 0 Å². The second kappa shape index (κ2) is 8.36. The van der Waals surface area contributed by atoms with Crippen LogP contribution in [-0.4, -0.2) is 84.0 Å². The molecule has 0 unspecified atom stereocenters. The van der Waals surface area contributed by atoms with E-state index >= 15 is 0 Å². The molecule has 0 atom stereocenters. The van der Waals surface area contributed by atoms with Gasteiger partial charge < -0.3 is 9.80 Å². The molecular formula is C21H22N6O4S2. The number of nitrogens with zero attached hydrogens (tertiary/aromatic N) is 6. The van der Waals surface area contributed by atoms with E-state index < -0.39 is 10.0 Å². The number of hydrogen-bond acceptors (Lipinski definition) is 8. The fourth-order valence-electron chi connectivity index (χ4n) is 4.09. The Labute approximate surface area is 194 Å². The quantitative estimate of drug-likeness (QED) is 0.528. The predicted octanol–water partition coefficient (Wildman–Crippen LogP) is 0.481. The summed E-state index contributed by atoms with van der Waals surface area (Å²) in [5.74, 6) is 0.205. The topological polar surface area (TPSA) is 108 Å². The molecule has 1 aromatic carbocycles. The van der Waals surface area contributed by atoms with Crippen molar-refractivity contribution in [3.8, 4) is 0 Å². The molecule has 0 spiro atoms. The van der Waals surface area contributed by atoms with Crippen molar-refractivity contribution in [1.82, 2.24) is 24.1 Å². The smallest absolute Gasteiger partial charge is 0.285 e. The summed E-state index contributed by atoms with van der Waals surface area (Å²) < 4.78 is 30.0. The largest absolute Gasteiger partial charge is 0.349 e. The van der Waals surface area contributed by atoms with Crippen molar-refractivity contribution >= 4 is 38.1 Å². The summed E-state index contributed by atoms with van der Waals surface area (Å²) in [5, 5.41) is 1.83. The molecule has 1 fully saturated rings. The molecule has 1 saturated heterocycles. The normalized spacial score (nSPS) is 17.7. The predicted molar refractivity (Wildman–Crippen MR) is 124 cm³/mol. The van der Waals surface area contributed by atoms with Gasteiger partial charge in [-0.2, -0.15) is 8.42 Å². The number of thiazole rings is 1. The second-order valence-electron chi connectivity index (χ2n) is 8.04. The Balaban J connectivity index is 1.19. The maximum atomic E-state index is 12.9. The number of carbonyl (C=O) groups excluding carboxylic acids is 1. The van der Waals surface area contributed by atoms with Crippen molar-refractivity contribution in [2.24, 2.45) is 4.40 Å². The highest BCUT2D eigenvalue weighted by molar-refractivity contribution is 7.90. The molecule has 2 aliphatic rings. The summed E-state index contributed by atoms with van der Waals surface area (Å²) in [5.41, 5.74) is 1.15. The Hall–Kier alpha value is -3.09. The molecule has 33 heavy (non-hydrogen) atoms. The molecule has 4 heterocycles. The van der Waals surface area contributed by atoms with Crippen LogP contribution in [0.2, 0.25) is 0 Å². The molecule has 0 radical (unpaired) electrons. The summed E-state index contributed by atoms with van der Waals surface area (Å²) in [6.45, 7) is 3.02. The molecule has 0 N–H and O–H groups in total. The average Bonchev–Trinajstić information content (AvgIpc) is 3.37. The van der Waals surface area contributed by atoms with Crippen molar-refractivity contribution in [2.45, 2.75) is 11.4 Å². The van der Waals surface area contributed by atoms with Crippen LogP contribution in [0.4, 0.5) is 0 Å². The van der Waals surface area contributed by atoms with E-state index in [1.54, 1.807) is 47.3 Å². The number of amidine groups is 1. The summed E-state index contributed by atoms with van der Waals surface area (Å²) in [4.78, 5) is 36.0. The van der Waals surface area contributed by atoms with Gasteiger partial charge in [-0.3, -0.25) is 18.9 Å². The number of sulfonamides is 1. The molecule has 0 aliphatic carbocycles. The number of fused-ring (bicyclic) bond motifs is 2. The lowest BCUT2D eigenvalue weighted by molar-refractivity contribution is -0.133. The minimum Gasteiger partial charge on any atom is -0.349 e. The fraction of sp³-hybridized carbons (Fsp3) is 0.333. The third kappa shape index (κ3) is 4.16. The monoisotopic (exact) mass is 486 g/mol. The Morgan fingerprint density at radius 1 is 1.18 bits per heavy atom. The van der Waals surface area contributed by atoms with Crippen LogP contribution < -0.4 is 5.56 Å². The van der Waals surface area contributed by atoms with Crippen molar-refractivity contribution in [3.05, 3.63) is 63.5 Å². The number of amides is 1. The van der Waals surface area contributed by atoms with E-state index in [0.717, 1.165) is 5.69 Å². The molecule has 0 bridgehead atoms. The minimum atomic E-state index is -3.72. The summed E-state index contributed by atoms with van der Waals surface area (Å²) in [6.07, 6.45) is 1.71. The lowest BCUT2D eigenvalue weighted by Gasteiger charge is -2.35. The van der Waals surface area contributed by atoms with Crippen LogP contribution in [0.15, 0.2) is 56.0 Å². The van der Waals surface area contributed by atoms with Gasteiger partial charge in [0.2, 0.25) is 5.91 Å². The van der Waals surface area contributed by atoms with Gasteiger partial charge >= 0.3 is 0 Å². The number of carbonyl (C=O) groups is 1. The summed E-state index contributed by atoms with van der Waals surface area (Å²) in [6, 6.07) is 8.19.